The molecule has 248 valence electrons. The predicted octanol–water partition coefficient (Wildman–Crippen LogP) is 4.53. The molecule has 2 aliphatic heterocycles. The number of aromatic nitrogens is 1. The molecule has 1 saturated carbocycles. The third-order valence-corrected chi connectivity index (χ3v) is 11.4. The summed E-state index contributed by atoms with van der Waals surface area (Å²) in [6.07, 6.45) is 9.45. The Kier molecular flexibility index (Phi) is 9.82. The Bertz CT molecular complexity index is 1800. The first-order valence-corrected chi connectivity index (χ1v) is 18.0. The Hall–Kier alpha value is -3.98. The molecule has 0 spiro atoms. The average molecular weight is 658 g/mol. The lowest BCUT2D eigenvalue weighted by molar-refractivity contribution is -0.135. The Morgan fingerprint density at radius 2 is 1.77 bits per heavy atom. The molecule has 1 aliphatic carbocycles. The smallest absolute Gasteiger partial charge is 0.268 e. The van der Waals surface area contributed by atoms with Crippen LogP contribution in [-0.4, -0.2) is 78.9 Å². The fourth-order valence-corrected chi connectivity index (χ4v) is 8.43. The number of amides is 2. The molecule has 2 amide bonds. The van der Waals surface area contributed by atoms with Crippen molar-refractivity contribution in [2.75, 3.05) is 39.4 Å². The van der Waals surface area contributed by atoms with E-state index >= 15 is 0 Å². The summed E-state index contributed by atoms with van der Waals surface area (Å²) in [5.74, 6) is -0.212. The van der Waals surface area contributed by atoms with Crippen LogP contribution in [0.1, 0.15) is 56.1 Å². The van der Waals surface area contributed by atoms with Gasteiger partial charge in [0, 0.05) is 49.9 Å². The Labute approximate surface area is 277 Å². The summed E-state index contributed by atoms with van der Waals surface area (Å²) < 4.78 is 34.1. The maximum Gasteiger partial charge on any atom is 0.268 e. The molecule has 47 heavy (non-hydrogen) atoms. The van der Waals surface area contributed by atoms with Gasteiger partial charge < -0.3 is 15.0 Å². The molecule has 1 N–H and O–H groups in total. The molecule has 3 aliphatic rings. The fourth-order valence-electron chi connectivity index (χ4n) is 7.04. The van der Waals surface area contributed by atoms with Crippen molar-refractivity contribution in [3.05, 3.63) is 77.5 Å². The van der Waals surface area contributed by atoms with Gasteiger partial charge >= 0.3 is 0 Å². The monoisotopic (exact) mass is 657 g/mol. The summed E-state index contributed by atoms with van der Waals surface area (Å²) >= 11 is 0. The van der Waals surface area contributed by atoms with E-state index < -0.39 is 15.6 Å². The normalized spacial score (nSPS) is 21.5. The maximum absolute atomic E-state index is 13.9. The first kappa shape index (κ1) is 32.9. The highest BCUT2D eigenvalue weighted by molar-refractivity contribution is 7.90. The minimum absolute atomic E-state index is 0.00250. The molecule has 3 heterocycles. The number of hydrogen-bond acceptors (Lipinski definition) is 7. The van der Waals surface area contributed by atoms with Crippen LogP contribution in [-0.2, 0) is 30.9 Å². The van der Waals surface area contributed by atoms with E-state index in [-0.39, 0.29) is 35.6 Å². The van der Waals surface area contributed by atoms with Crippen molar-refractivity contribution in [2.24, 2.45) is 5.92 Å². The van der Waals surface area contributed by atoms with E-state index in [4.69, 9.17) is 4.74 Å². The van der Waals surface area contributed by atoms with Gasteiger partial charge in [-0.05, 0) is 55.9 Å². The number of rotatable bonds is 9. The van der Waals surface area contributed by atoms with Gasteiger partial charge in [-0.25, -0.2) is 12.4 Å². The second-order valence-corrected chi connectivity index (χ2v) is 15.0. The van der Waals surface area contributed by atoms with Crippen LogP contribution in [0.3, 0.4) is 0 Å². The van der Waals surface area contributed by atoms with Crippen molar-refractivity contribution in [1.29, 1.82) is 5.26 Å². The molecule has 2 saturated heterocycles. The van der Waals surface area contributed by atoms with Gasteiger partial charge in [0.1, 0.15) is 5.54 Å². The van der Waals surface area contributed by atoms with Gasteiger partial charge in [0.05, 0.1) is 36.1 Å². The second kappa shape index (κ2) is 14.0. The highest BCUT2D eigenvalue weighted by Crippen LogP contribution is 2.31. The van der Waals surface area contributed by atoms with Crippen LogP contribution >= 0.6 is 0 Å². The largest absolute Gasteiger partial charge is 0.378 e. The van der Waals surface area contributed by atoms with Crippen LogP contribution in [0, 0.1) is 24.2 Å². The first-order chi connectivity index (χ1) is 22.7. The lowest BCUT2D eigenvalue weighted by atomic mass is 9.87. The molecule has 2 aromatic carbocycles. The molecule has 10 nitrogen and oxygen atoms in total. The number of carbonyl (C=O) groups is 2. The summed E-state index contributed by atoms with van der Waals surface area (Å²) in [5, 5.41) is 14.2. The molecule has 6 rings (SSSR count). The second-order valence-electron chi connectivity index (χ2n) is 13.2. The van der Waals surface area contributed by atoms with Crippen molar-refractivity contribution >= 4 is 32.7 Å². The van der Waals surface area contributed by atoms with Gasteiger partial charge in [0.2, 0.25) is 11.8 Å². The topological polar surface area (TPSA) is 125 Å². The molecule has 1 atom stereocenters. The van der Waals surface area contributed by atoms with Crippen LogP contribution in [0.4, 0.5) is 0 Å². The highest BCUT2D eigenvalue weighted by atomic mass is 32.2. The third kappa shape index (κ3) is 7.30. The third-order valence-electron chi connectivity index (χ3n) is 9.73. The minimum Gasteiger partial charge on any atom is -0.378 e. The molecular weight excluding hydrogens is 614 g/mol. The number of benzene rings is 2. The quantitative estimate of drug-likeness (QED) is 0.336. The zero-order valence-corrected chi connectivity index (χ0v) is 27.8. The van der Waals surface area contributed by atoms with Gasteiger partial charge in [-0.2, -0.15) is 5.26 Å². The molecular formula is C36H43N5O5S. The summed E-state index contributed by atoms with van der Waals surface area (Å²) in [7, 11) is -3.83. The Balaban J connectivity index is 1.20. The van der Waals surface area contributed by atoms with Crippen LogP contribution in [0.5, 0.6) is 0 Å². The van der Waals surface area contributed by atoms with Gasteiger partial charge in [0.15, 0.2) is 0 Å². The zero-order valence-electron chi connectivity index (χ0n) is 27.0. The van der Waals surface area contributed by atoms with Gasteiger partial charge in [-0.15, -0.1) is 0 Å². The summed E-state index contributed by atoms with van der Waals surface area (Å²) in [4.78, 5) is 31.1. The number of carbonyl (C=O) groups excluding carboxylic acids is 2. The predicted molar refractivity (Wildman–Crippen MR) is 179 cm³/mol. The van der Waals surface area contributed by atoms with E-state index in [1.54, 1.807) is 41.4 Å². The van der Waals surface area contributed by atoms with Crippen LogP contribution < -0.4 is 5.32 Å². The molecule has 1 unspecified atom stereocenters. The van der Waals surface area contributed by atoms with E-state index in [1.165, 1.54) is 10.4 Å². The molecule has 0 radical (unpaired) electrons. The molecule has 1 aromatic heterocycles. The highest BCUT2D eigenvalue weighted by Gasteiger charge is 2.41. The van der Waals surface area contributed by atoms with Crippen molar-refractivity contribution in [3.8, 4) is 6.07 Å². The Morgan fingerprint density at radius 1 is 1.04 bits per heavy atom. The number of ether oxygens (including phenoxy) is 1. The molecule has 11 heteroatoms. The molecule has 0 bridgehead atoms. The van der Waals surface area contributed by atoms with Crippen molar-refractivity contribution < 1.29 is 22.7 Å². The molecule has 3 aromatic rings. The number of aryl methyl sites for hydroxylation is 1. The SMILES string of the molecule is Cc1ccc(S(=O)(=O)n2cc(CN3CCC(C#N)(NC(=O)/C(=C\C4CCCCC4)CC(=O)N4CCOCC4)C3)c3ccccc32)cc1. The van der Waals surface area contributed by atoms with E-state index in [1.807, 2.05) is 31.2 Å². The number of fused-ring (bicyclic) bond motifs is 1. The number of morpholine rings is 1. The average Bonchev–Trinajstić information content (AvgIpc) is 3.67. The summed E-state index contributed by atoms with van der Waals surface area (Å²) in [5.41, 5.74) is 1.70. The van der Waals surface area contributed by atoms with Crippen molar-refractivity contribution in [3.63, 3.8) is 0 Å². The van der Waals surface area contributed by atoms with Crippen molar-refractivity contribution in [2.45, 2.75) is 68.8 Å². The van der Waals surface area contributed by atoms with Crippen LogP contribution in [0.25, 0.3) is 10.9 Å². The van der Waals surface area contributed by atoms with E-state index in [0.717, 1.165) is 42.2 Å². The number of nitrogens with one attached hydrogen (secondary N) is 1. The first-order valence-electron chi connectivity index (χ1n) is 16.6. The molecule has 3 fully saturated rings. The zero-order chi connectivity index (χ0) is 33.0. The lowest BCUT2D eigenvalue weighted by Gasteiger charge is -2.28. The maximum atomic E-state index is 13.9. The van der Waals surface area contributed by atoms with Gasteiger partial charge in [-0.1, -0.05) is 61.2 Å². The Morgan fingerprint density at radius 3 is 2.49 bits per heavy atom. The van der Waals surface area contributed by atoms with Crippen LogP contribution in [0.2, 0.25) is 0 Å². The fraction of sp³-hybridized carbons (Fsp3) is 0.472. The summed E-state index contributed by atoms with van der Waals surface area (Å²) in [6.45, 7) is 5.16. The van der Waals surface area contributed by atoms with Crippen LogP contribution in [0.15, 0.2) is 71.3 Å². The summed E-state index contributed by atoms with van der Waals surface area (Å²) in [6, 6.07) is 16.6. The minimum atomic E-state index is -3.83. The number of nitrogens with zero attached hydrogens (tertiary/aromatic N) is 4. The number of hydrogen-bond donors (Lipinski definition) is 1. The number of allylic oxidation sites excluding steroid dienone is 1. The van der Waals surface area contributed by atoms with E-state index in [0.29, 0.717) is 56.9 Å². The van der Waals surface area contributed by atoms with E-state index in [2.05, 4.69) is 16.3 Å². The number of likely N-dealkylation sites (tertiary alicyclic amines) is 1. The van der Waals surface area contributed by atoms with Gasteiger partial charge in [-0.3, -0.25) is 14.5 Å². The lowest BCUT2D eigenvalue weighted by Crippen LogP contribution is -2.50. The van der Waals surface area contributed by atoms with E-state index in [9.17, 15) is 23.3 Å². The standard InChI is InChI=1S/C36H43N5O5S/c1-27-11-13-31(14-12-27)47(44,45)41-24-30(32-9-5-6-10-33(32)41)23-39-16-15-36(25-37,26-39)38-35(43)29(21-28-7-3-2-4-8-28)22-34(42)40-17-19-46-20-18-40/h5-6,9-14,21,24,28H,2-4,7-8,15-20,22-23,26H2,1H3,(H,38,43)/b29-21-. The number of nitriles is 1. The number of para-hydroxylation sites is 1. The van der Waals surface area contributed by atoms with Gasteiger partial charge in [0.25, 0.3) is 10.0 Å². The van der Waals surface area contributed by atoms with Crippen molar-refractivity contribution in [1.82, 2.24) is 19.1 Å².